The Morgan fingerprint density at radius 1 is 0.319 bits per heavy atom. The van der Waals surface area contributed by atoms with E-state index in [0.717, 1.165) is 26.8 Å². The molecule has 0 rings (SSSR count). The van der Waals surface area contributed by atoms with E-state index in [1.807, 2.05) is 0 Å². The molecule has 113 heavy (non-hydrogen) atoms. The van der Waals surface area contributed by atoms with Gasteiger partial charge in [-0.1, -0.05) is 27.2 Å². The molecule has 0 aromatic carbocycles. The molecule has 103 heteroatoms. The van der Waals surface area contributed by atoms with Crippen molar-refractivity contribution < 1.29 is 232 Å². The summed E-state index contributed by atoms with van der Waals surface area (Å²) < 4.78 is 150. The van der Waals surface area contributed by atoms with Crippen molar-refractivity contribution in [2.45, 2.75) is 59.4 Å². The van der Waals surface area contributed by atoms with Crippen LogP contribution in [0.25, 0.3) is 0 Å². The minimum Gasteiger partial charge on any atom is -0.442 e. The van der Waals surface area contributed by atoms with Crippen LogP contribution in [-0.2, 0) is 78.8 Å². The van der Waals surface area contributed by atoms with Gasteiger partial charge in [0, 0.05) is 16.9 Å². The molecule has 0 radical (unpaired) electrons. The lowest BCUT2D eigenvalue weighted by Crippen LogP contribution is -3.19. The molecule has 0 spiro atoms. The summed E-state index contributed by atoms with van der Waals surface area (Å²) >= 11 is 0. The topological polar surface area (TPSA) is 831 Å². The first-order valence-corrected chi connectivity index (χ1v) is 162. The van der Waals surface area contributed by atoms with Gasteiger partial charge >= 0.3 is 45.6 Å². The van der Waals surface area contributed by atoms with Crippen LogP contribution >= 0.6 is 0 Å². The zero-order chi connectivity index (χ0) is 86.9. The third kappa shape index (κ3) is 24.1. The van der Waals surface area contributed by atoms with Crippen molar-refractivity contribution in [2.75, 3.05) is 7.11 Å². The van der Waals surface area contributed by atoms with E-state index in [1.54, 1.807) is 6.92 Å². The molecule has 32 N–H and O–H groups in total. The largest absolute Gasteiger partial charge is 0.442 e. The highest BCUT2D eigenvalue weighted by molar-refractivity contribution is 8.31. The standard InChI is InChI=1S/C9H122O51Si52.CH4/c1-7-8-9-94(42)109(54-72-20,96(6,61)43-2)111(58-99(77-25,78-26)46-64-12,112(107(89-37,90-38)52-70-18,108(91-39,92-40)53-71-19)59-100(79-27,80-28)47-65-13)102(55-95(4,5)93(3)41,110(105(85-33,86-34)50-68-16,106(87-35,88-36)51-69-17)57-98(75-23,76-24)45-63-11)60-101(103(81-29,82-30)48-66-14,104(83-31,84-32)49-67-15)56-97(73-21,74-22)44-62-10;/h10-40,42,94H,7-9,62-92H2,1-6,61H3;1H4. The van der Waals surface area contributed by atoms with Gasteiger partial charge in [0.15, 0.2) is 127 Å². The number of unbranched alkanes of at least 4 members (excludes halogenated alkanes) is 1. The van der Waals surface area contributed by atoms with Crippen LogP contribution in [0.2, 0.25) is 32.2 Å². The van der Waals surface area contributed by atoms with Crippen molar-refractivity contribution in [2.24, 2.45) is 0 Å². The molecular weight excluding hydrogens is 2400 g/mol. The van der Waals surface area contributed by atoms with Crippen molar-refractivity contribution >= 4 is 452 Å². The van der Waals surface area contributed by atoms with Gasteiger partial charge < -0.3 is 232 Å². The normalized spacial score (nSPS) is 25.4. The van der Waals surface area contributed by atoms with Crippen molar-refractivity contribution in [1.29, 1.82) is 0 Å². The van der Waals surface area contributed by atoms with Gasteiger partial charge in [0.25, 0.3) is 146 Å². The van der Waals surface area contributed by atoms with Gasteiger partial charge in [-0.25, -0.2) is 0 Å². The van der Waals surface area contributed by atoms with Gasteiger partial charge in [-0.05, 0) is 32.2 Å². The minimum absolute atomic E-state index is 0. The lowest BCUT2D eigenvalue weighted by molar-refractivity contribution is 0.308. The lowest BCUT2D eigenvalue weighted by atomic mass is 10.4. The Bertz CT molecular complexity index is 2510. The van der Waals surface area contributed by atoms with Crippen LogP contribution in [0, 0.1) is 0 Å². The highest BCUT2D eigenvalue weighted by Gasteiger charge is 3.05. The Labute approximate surface area is 742 Å². The van der Waals surface area contributed by atoms with Crippen LogP contribution in [0.15, 0.2) is 0 Å². The smallest absolute Gasteiger partial charge is 0.337 e. The molecular formula is C10H126O51Si52. The molecule has 0 heterocycles. The van der Waals surface area contributed by atoms with Crippen molar-refractivity contribution in [3.05, 3.63) is 0 Å². The first-order chi connectivity index (χ1) is 52.9. The summed E-state index contributed by atoms with van der Waals surface area (Å²) in [5.74, 6) is 0. The fraction of sp³-hybridized carbons (Fsp3) is 1.00. The van der Waals surface area contributed by atoms with E-state index in [-0.39, 0.29) is 20.3 Å². The van der Waals surface area contributed by atoms with E-state index in [2.05, 4.69) is 0 Å². The van der Waals surface area contributed by atoms with E-state index >= 15 is 9.26 Å². The lowest BCUT2D eigenvalue weighted by Gasteiger charge is -2.75. The molecule has 0 saturated heterocycles. The molecule has 680 valence electrons. The Kier molecular flexibility index (Phi) is 62.6. The highest BCUT2D eigenvalue weighted by atomic mass is 30.5. The quantitative estimate of drug-likeness (QED) is 0.0251. The monoisotopic (exact) mass is 2520 g/mol. The Morgan fingerprint density at radius 2 is 0.558 bits per heavy atom. The van der Waals surface area contributed by atoms with Gasteiger partial charge in [-0.2, -0.15) is 0 Å². The fourth-order valence-corrected chi connectivity index (χ4v) is 1030. The minimum atomic E-state index is -8.66. The van der Waals surface area contributed by atoms with E-state index in [4.69, 9.17) is 74.4 Å². The molecule has 0 amide bonds. The maximum atomic E-state index is 16.6. The van der Waals surface area contributed by atoms with E-state index in [9.17, 15) is 149 Å². The summed E-state index contributed by atoms with van der Waals surface area (Å²) in [6, 6.07) is -0.730. The van der Waals surface area contributed by atoms with Crippen LogP contribution in [0.4, 0.5) is 0 Å². The maximum Gasteiger partial charge on any atom is 0.337 e. The second-order valence-electron chi connectivity index (χ2n) is 25.8. The molecule has 0 fully saturated rings. The molecule has 0 bridgehead atoms. The first-order valence-electron chi connectivity index (χ1n) is 33.7. The van der Waals surface area contributed by atoms with Gasteiger partial charge in [-0.15, -0.1) is 0 Å². The number of rotatable bonds is 71. The predicted molar refractivity (Wildman–Crippen MR) is 538 cm³/mol. The highest BCUT2D eigenvalue weighted by Crippen LogP contribution is 2.59. The van der Waals surface area contributed by atoms with Gasteiger partial charge in [0.1, 0.15) is 0 Å². The molecule has 0 aliphatic heterocycles. The molecule has 5 unspecified atom stereocenters. The summed E-state index contributed by atoms with van der Waals surface area (Å²) in [6.45, 7) is -63.8. The zero-order valence-electron chi connectivity index (χ0n) is 63.2. The summed E-state index contributed by atoms with van der Waals surface area (Å²) in [7, 11) is -179. The Balaban J connectivity index is 0. The average molecular weight is 2520 g/mol. The van der Waals surface area contributed by atoms with Crippen LogP contribution in [-0.4, -0.2) is 612 Å². The first kappa shape index (κ1) is 124. The fourth-order valence-electron chi connectivity index (χ4n) is 13.8. The summed E-state index contributed by atoms with van der Waals surface area (Å²) in [6.07, 6.45) is -0.283. The van der Waals surface area contributed by atoms with Crippen LogP contribution in [0.3, 0.4) is 0 Å². The Morgan fingerprint density at radius 3 is 0.788 bits per heavy atom. The third-order valence-corrected chi connectivity index (χ3v) is 570. The van der Waals surface area contributed by atoms with E-state index < -0.39 is 458 Å². The summed E-state index contributed by atoms with van der Waals surface area (Å²) in [4.78, 5) is 418. The molecule has 0 aromatic heterocycles. The second kappa shape index (κ2) is 57.0. The number of hydrogen-bond donors (Lipinski definition) is 32. The second-order valence-corrected chi connectivity index (χ2v) is 322. The molecule has 0 aliphatic carbocycles. The van der Waals surface area contributed by atoms with Crippen LogP contribution in [0.1, 0.15) is 27.2 Å². The van der Waals surface area contributed by atoms with Gasteiger partial charge in [0.2, 0.25) is 123 Å². The molecule has 51 nitrogen and oxygen atoms in total. The van der Waals surface area contributed by atoms with E-state index in [0.29, 0.717) is 0 Å². The molecule has 5 atom stereocenters. The van der Waals surface area contributed by atoms with Gasteiger partial charge in [-0.3, -0.25) is 0 Å². The third-order valence-electron chi connectivity index (χ3n) is 19.9. The molecule has 0 saturated carbocycles. The summed E-state index contributed by atoms with van der Waals surface area (Å²) in [5.41, 5.74) is 0. The average Bonchev–Trinajstić information content (AvgIpc) is 0.620. The van der Waals surface area contributed by atoms with Crippen LogP contribution < -0.4 is 0 Å². The number of hydrogen-bond acceptors (Lipinski definition) is 51. The van der Waals surface area contributed by atoms with E-state index in [1.165, 1.54) is 6.55 Å². The Hall–Kier alpha value is 9.08. The zero-order valence-corrected chi connectivity index (χ0v) is 129. The summed E-state index contributed by atoms with van der Waals surface area (Å²) in [5, 5.41) is 0. The maximum absolute atomic E-state index is 16.6. The molecule has 0 aromatic rings. The SMILES string of the molecule is C.CCCC[SiH](O)[Si](O[SiH2]O)([Si](C)([SiH3])OC)[Si](O[Si](O[SiH2]O)([SiH2]O)[SiH2]O)([Si](O[Si](C)(C)[Si](C)=O)(O[Si](O[Si](O[SiH2]O)([SiH2]O)[SiH2]O)([Si](O[SiH2]O)([SiH2]O)[SiH2]O)[Si](O[SiH2]O)([SiH2]O)[SiH2]O)[Si](O[Si](O[SiH2]O)([SiH2]O)[SiH2]O)([Si](O[SiH2]O)([SiH2]O)[SiH2]O)[Si](O[SiH2]O)([SiH2]O)[SiH2]O)[Si](O[Si](O[SiH2]O)([SiH2]O)[SiH2]O)([Si](O[SiH2]O)([SiH2]O)[SiH2]O)[Si](O[SiH2]O)([SiH2]O)[SiH2]O. The van der Waals surface area contributed by atoms with Crippen molar-refractivity contribution in [3.8, 4) is 0 Å². The predicted octanol–water partition coefficient (Wildman–Crippen LogP) is -51.8. The molecule has 0 aliphatic rings. The van der Waals surface area contributed by atoms with Crippen molar-refractivity contribution in [3.63, 3.8) is 0 Å². The van der Waals surface area contributed by atoms with Gasteiger partial charge in [0.05, 0.1) is 0 Å². The van der Waals surface area contributed by atoms with Crippen molar-refractivity contribution in [1.82, 2.24) is 0 Å². The van der Waals surface area contributed by atoms with Crippen LogP contribution in [0.5, 0.6) is 0 Å².